The molecular formula is C14H17N3O3S. The Balaban J connectivity index is 2.38. The van der Waals surface area contributed by atoms with E-state index in [4.69, 9.17) is 9.47 Å². The first-order valence-corrected chi connectivity index (χ1v) is 7.12. The van der Waals surface area contributed by atoms with Gasteiger partial charge in [-0.3, -0.25) is 4.79 Å². The van der Waals surface area contributed by atoms with Crippen molar-refractivity contribution in [2.24, 2.45) is 0 Å². The lowest BCUT2D eigenvalue weighted by Crippen LogP contribution is -2.46. The van der Waals surface area contributed by atoms with Gasteiger partial charge in [0.2, 0.25) is 0 Å². The lowest BCUT2D eigenvalue weighted by atomic mass is 10.0. The Labute approximate surface area is 127 Å². The van der Waals surface area contributed by atoms with Crippen LogP contribution in [0, 0.1) is 6.92 Å². The van der Waals surface area contributed by atoms with Crippen molar-refractivity contribution in [1.82, 2.24) is 15.5 Å². The van der Waals surface area contributed by atoms with Gasteiger partial charge < -0.3 is 14.8 Å². The number of aryl methyl sites for hydroxylation is 1. The first-order valence-electron chi connectivity index (χ1n) is 6.31. The van der Waals surface area contributed by atoms with Crippen LogP contribution in [-0.2, 0) is 20.1 Å². The zero-order valence-corrected chi connectivity index (χ0v) is 13.2. The van der Waals surface area contributed by atoms with Gasteiger partial charge >= 0.3 is 0 Å². The van der Waals surface area contributed by atoms with E-state index in [1.165, 1.54) is 32.6 Å². The molecule has 2 rings (SSSR count). The summed E-state index contributed by atoms with van der Waals surface area (Å²) in [7, 11) is 4.40. The third-order valence-corrected chi connectivity index (χ3v) is 4.03. The standard InChI is InChI=1S/C14H17N3O3S/c1-9-16-17-12(21-9)10-5-7-11(8-6-10)14(19-3,20-4)13(18)15-2/h5-8H,1-4H3,(H,15,18). The second-order valence-electron chi connectivity index (χ2n) is 4.31. The van der Waals surface area contributed by atoms with Crippen LogP contribution in [0.2, 0.25) is 0 Å². The molecule has 6 nitrogen and oxygen atoms in total. The minimum Gasteiger partial charge on any atom is -0.354 e. The number of nitrogens with zero attached hydrogens (tertiary/aromatic N) is 2. The molecule has 0 saturated carbocycles. The van der Waals surface area contributed by atoms with Crippen LogP contribution < -0.4 is 5.32 Å². The zero-order chi connectivity index (χ0) is 15.5. The van der Waals surface area contributed by atoms with E-state index in [1.54, 1.807) is 12.1 Å². The van der Waals surface area contributed by atoms with E-state index in [2.05, 4.69) is 15.5 Å². The highest BCUT2D eigenvalue weighted by molar-refractivity contribution is 7.14. The third kappa shape index (κ3) is 2.80. The number of hydrogen-bond acceptors (Lipinski definition) is 6. The number of rotatable bonds is 5. The smallest absolute Gasteiger partial charge is 0.285 e. The molecule has 112 valence electrons. The number of likely N-dealkylation sites (N-methyl/N-ethyl adjacent to an activating group) is 1. The van der Waals surface area contributed by atoms with Crippen LogP contribution in [0.4, 0.5) is 0 Å². The molecule has 0 aliphatic heterocycles. The van der Waals surface area contributed by atoms with Gasteiger partial charge in [-0.05, 0) is 6.92 Å². The van der Waals surface area contributed by atoms with E-state index in [0.717, 1.165) is 15.6 Å². The van der Waals surface area contributed by atoms with Crippen LogP contribution in [0.25, 0.3) is 10.6 Å². The van der Waals surface area contributed by atoms with E-state index in [1.807, 2.05) is 19.1 Å². The van der Waals surface area contributed by atoms with Crippen LogP contribution in [0.1, 0.15) is 10.6 Å². The van der Waals surface area contributed by atoms with Gasteiger partial charge in [-0.25, -0.2) is 0 Å². The summed E-state index contributed by atoms with van der Waals surface area (Å²) in [5, 5.41) is 12.4. The number of ether oxygens (including phenoxy) is 2. The number of hydrogen-bond donors (Lipinski definition) is 1. The summed E-state index contributed by atoms with van der Waals surface area (Å²) < 4.78 is 10.6. The molecule has 0 spiro atoms. The first kappa shape index (κ1) is 15.6. The SMILES string of the molecule is CNC(=O)C(OC)(OC)c1ccc(-c2nnc(C)s2)cc1. The Bertz CT molecular complexity index is 621. The van der Waals surface area contributed by atoms with Crippen LogP contribution in [0.3, 0.4) is 0 Å². The minimum absolute atomic E-state index is 0.369. The van der Waals surface area contributed by atoms with E-state index < -0.39 is 5.79 Å². The number of nitrogens with one attached hydrogen (secondary N) is 1. The average molecular weight is 307 g/mol. The largest absolute Gasteiger partial charge is 0.354 e. The van der Waals surface area contributed by atoms with Crippen LogP contribution in [0.5, 0.6) is 0 Å². The van der Waals surface area contributed by atoms with Crippen molar-refractivity contribution >= 4 is 17.2 Å². The maximum absolute atomic E-state index is 12.1. The van der Waals surface area contributed by atoms with Crippen LogP contribution in [-0.4, -0.2) is 37.4 Å². The number of aromatic nitrogens is 2. The molecular weight excluding hydrogens is 290 g/mol. The number of benzene rings is 1. The molecule has 1 aromatic carbocycles. The van der Waals surface area contributed by atoms with Crippen molar-refractivity contribution in [3.8, 4) is 10.6 Å². The number of methoxy groups -OCH3 is 2. The molecule has 1 aromatic heterocycles. The molecule has 21 heavy (non-hydrogen) atoms. The topological polar surface area (TPSA) is 73.3 Å². The van der Waals surface area contributed by atoms with Crippen molar-refractivity contribution in [1.29, 1.82) is 0 Å². The summed E-state index contributed by atoms with van der Waals surface area (Å²) >= 11 is 1.51. The molecule has 1 N–H and O–H groups in total. The molecule has 0 bridgehead atoms. The fourth-order valence-corrected chi connectivity index (χ4v) is 2.74. The summed E-state index contributed by atoms with van der Waals surface area (Å²) in [6, 6.07) is 7.30. The van der Waals surface area contributed by atoms with Gasteiger partial charge in [-0.1, -0.05) is 35.6 Å². The first-order chi connectivity index (χ1) is 10.1. The maximum Gasteiger partial charge on any atom is 0.285 e. The molecule has 1 heterocycles. The number of carbonyl (C=O) groups excluding carboxylic acids is 1. The number of carbonyl (C=O) groups is 1. The van der Waals surface area contributed by atoms with Gasteiger partial charge in [0.1, 0.15) is 10.0 Å². The monoisotopic (exact) mass is 307 g/mol. The van der Waals surface area contributed by atoms with Gasteiger partial charge in [0.15, 0.2) is 0 Å². The van der Waals surface area contributed by atoms with E-state index >= 15 is 0 Å². The summed E-state index contributed by atoms with van der Waals surface area (Å²) in [6.07, 6.45) is 0. The predicted octanol–water partition coefficient (Wildman–Crippen LogP) is 1.71. The Morgan fingerprint density at radius 1 is 1.19 bits per heavy atom. The summed E-state index contributed by atoms with van der Waals surface area (Å²) in [4.78, 5) is 12.1. The molecule has 0 saturated heterocycles. The molecule has 0 unspecified atom stereocenters. The van der Waals surface area contributed by atoms with Gasteiger partial charge in [-0.2, -0.15) is 0 Å². The van der Waals surface area contributed by atoms with Crippen LogP contribution in [0.15, 0.2) is 24.3 Å². The van der Waals surface area contributed by atoms with E-state index in [9.17, 15) is 4.79 Å². The Morgan fingerprint density at radius 2 is 1.81 bits per heavy atom. The lowest BCUT2D eigenvalue weighted by molar-refractivity contribution is -0.215. The second-order valence-corrected chi connectivity index (χ2v) is 5.49. The molecule has 1 amide bonds. The molecule has 0 fully saturated rings. The van der Waals surface area contributed by atoms with Crippen LogP contribution >= 0.6 is 11.3 Å². The lowest BCUT2D eigenvalue weighted by Gasteiger charge is -2.29. The van der Waals surface area contributed by atoms with Crippen molar-refractivity contribution in [2.45, 2.75) is 12.7 Å². The van der Waals surface area contributed by atoms with Crippen molar-refractivity contribution < 1.29 is 14.3 Å². The molecule has 0 aliphatic rings. The van der Waals surface area contributed by atoms with Gasteiger partial charge in [0.05, 0.1) is 0 Å². The molecule has 0 atom stereocenters. The molecule has 7 heteroatoms. The second kappa shape index (κ2) is 6.30. The number of amides is 1. The average Bonchev–Trinajstić information content (AvgIpc) is 2.96. The molecule has 0 radical (unpaired) electrons. The third-order valence-electron chi connectivity index (χ3n) is 3.14. The van der Waals surface area contributed by atoms with E-state index in [0.29, 0.717) is 5.56 Å². The highest BCUT2D eigenvalue weighted by atomic mass is 32.1. The molecule has 2 aromatic rings. The fraction of sp³-hybridized carbons (Fsp3) is 0.357. The van der Waals surface area contributed by atoms with Gasteiger partial charge in [0.25, 0.3) is 11.7 Å². The highest BCUT2D eigenvalue weighted by Gasteiger charge is 2.40. The Hall–Kier alpha value is -1.83. The summed E-state index contributed by atoms with van der Waals surface area (Å²) in [5.74, 6) is -1.82. The normalized spacial score (nSPS) is 11.4. The van der Waals surface area contributed by atoms with Crippen molar-refractivity contribution in [3.63, 3.8) is 0 Å². The quantitative estimate of drug-likeness (QED) is 0.851. The van der Waals surface area contributed by atoms with Crippen molar-refractivity contribution in [2.75, 3.05) is 21.3 Å². The minimum atomic E-state index is -1.45. The Kier molecular flexibility index (Phi) is 4.66. The predicted molar refractivity (Wildman–Crippen MR) is 79.8 cm³/mol. The zero-order valence-electron chi connectivity index (χ0n) is 12.3. The van der Waals surface area contributed by atoms with E-state index in [-0.39, 0.29) is 5.91 Å². The highest BCUT2D eigenvalue weighted by Crippen LogP contribution is 2.29. The van der Waals surface area contributed by atoms with Crippen molar-refractivity contribution in [3.05, 3.63) is 34.8 Å². The Morgan fingerprint density at radius 3 is 2.24 bits per heavy atom. The van der Waals surface area contributed by atoms with Gasteiger partial charge in [-0.15, -0.1) is 10.2 Å². The maximum atomic E-state index is 12.1. The van der Waals surface area contributed by atoms with Gasteiger partial charge in [0, 0.05) is 32.4 Å². The summed E-state index contributed by atoms with van der Waals surface area (Å²) in [6.45, 7) is 1.90. The molecule has 0 aliphatic carbocycles. The summed E-state index contributed by atoms with van der Waals surface area (Å²) in [5.41, 5.74) is 1.54. The fourth-order valence-electron chi connectivity index (χ4n) is 2.05.